The van der Waals surface area contributed by atoms with Gasteiger partial charge in [0.25, 0.3) is 0 Å². The third kappa shape index (κ3) is 11.8. The lowest BCUT2D eigenvalue weighted by atomic mass is 9.84. The molecular formula is C36H62N2O9. The van der Waals surface area contributed by atoms with Crippen molar-refractivity contribution in [2.45, 2.75) is 153 Å². The third-order valence-corrected chi connectivity index (χ3v) is 10.5. The number of epoxide rings is 1. The summed E-state index contributed by atoms with van der Waals surface area (Å²) in [6.45, 7) is 12.8. The second-order valence-corrected chi connectivity index (χ2v) is 15.0. The highest BCUT2D eigenvalue weighted by Gasteiger charge is 2.47. The van der Waals surface area contributed by atoms with E-state index in [4.69, 9.17) is 14.2 Å². The molecule has 0 spiro atoms. The van der Waals surface area contributed by atoms with Crippen molar-refractivity contribution < 1.29 is 44.2 Å². The molecule has 3 rings (SSSR count). The number of esters is 1. The Hall–Kier alpha value is -2.02. The van der Waals surface area contributed by atoms with Crippen LogP contribution in [0.5, 0.6) is 0 Å². The van der Waals surface area contributed by atoms with Crippen LogP contribution < -0.4 is 0 Å². The van der Waals surface area contributed by atoms with Crippen molar-refractivity contribution in [1.82, 2.24) is 9.80 Å². The minimum Gasteiger partial charge on any atom is -0.457 e. The molecule has 3 saturated heterocycles. The summed E-state index contributed by atoms with van der Waals surface area (Å²) in [7, 11) is 3.81. The molecule has 10 atom stereocenters. The van der Waals surface area contributed by atoms with Crippen molar-refractivity contribution in [2.75, 3.05) is 27.2 Å². The number of nitrogens with zero attached hydrogens (tertiary/aromatic N) is 2. The summed E-state index contributed by atoms with van der Waals surface area (Å²) < 4.78 is 17.6. The molecule has 0 aromatic heterocycles. The van der Waals surface area contributed by atoms with Gasteiger partial charge < -0.3 is 44.4 Å². The number of carbonyl (C=O) groups excluding carboxylic acids is 2. The monoisotopic (exact) mass is 666 g/mol. The summed E-state index contributed by atoms with van der Waals surface area (Å²) in [5, 5.41) is 43.3. The van der Waals surface area contributed by atoms with Crippen LogP contribution in [0.1, 0.15) is 99.3 Å². The molecular weight excluding hydrogens is 604 g/mol. The highest BCUT2D eigenvalue weighted by molar-refractivity contribution is 5.70. The molecule has 0 saturated carbocycles. The maximum absolute atomic E-state index is 13.3. The van der Waals surface area contributed by atoms with Crippen molar-refractivity contribution in [3.8, 4) is 0 Å². The molecule has 3 aliphatic heterocycles. The zero-order chi connectivity index (χ0) is 35.1. The van der Waals surface area contributed by atoms with Crippen LogP contribution in [0.3, 0.4) is 0 Å². The normalized spacial score (nSPS) is 34.8. The van der Waals surface area contributed by atoms with Gasteiger partial charge in [0.15, 0.2) is 0 Å². The Labute approximate surface area is 281 Å². The highest BCUT2D eigenvalue weighted by atomic mass is 16.6. The number of amides is 1. The van der Waals surface area contributed by atoms with Crippen molar-refractivity contribution in [3.05, 3.63) is 23.8 Å². The molecule has 3 fully saturated rings. The zero-order valence-electron chi connectivity index (χ0n) is 29.9. The number of ether oxygens (including phenoxy) is 3. The van der Waals surface area contributed by atoms with E-state index in [1.54, 1.807) is 37.9 Å². The van der Waals surface area contributed by atoms with Crippen LogP contribution in [0.2, 0.25) is 0 Å². The van der Waals surface area contributed by atoms with E-state index in [2.05, 4.69) is 11.9 Å². The summed E-state index contributed by atoms with van der Waals surface area (Å²) in [6.07, 6.45) is 5.36. The van der Waals surface area contributed by atoms with Crippen LogP contribution >= 0.6 is 0 Å². The molecule has 4 N–H and O–H groups in total. The Morgan fingerprint density at radius 2 is 1.89 bits per heavy atom. The first-order valence-corrected chi connectivity index (χ1v) is 17.6. The first-order valence-electron chi connectivity index (χ1n) is 17.6. The maximum Gasteiger partial charge on any atom is 0.410 e. The Balaban J connectivity index is 1.70. The Kier molecular flexibility index (Phi) is 14.3. The number of rotatable bonds is 10. The first kappa shape index (κ1) is 39.4. The molecule has 11 heteroatoms. The van der Waals surface area contributed by atoms with Gasteiger partial charge >= 0.3 is 12.1 Å². The number of piperidine rings is 1. The second kappa shape index (κ2) is 17.1. The van der Waals surface area contributed by atoms with E-state index in [0.717, 1.165) is 31.5 Å². The van der Waals surface area contributed by atoms with E-state index in [0.29, 0.717) is 25.7 Å². The fourth-order valence-corrected chi connectivity index (χ4v) is 6.91. The van der Waals surface area contributed by atoms with Crippen LogP contribution in [0.4, 0.5) is 4.79 Å². The van der Waals surface area contributed by atoms with Crippen LogP contribution in [-0.4, -0.2) is 123 Å². The lowest BCUT2D eigenvalue weighted by Crippen LogP contribution is -2.49. The third-order valence-electron chi connectivity index (χ3n) is 10.5. The Bertz CT molecular complexity index is 1080. The average molecular weight is 667 g/mol. The number of likely N-dealkylation sites (tertiary alicyclic amines) is 1. The molecule has 11 nitrogen and oxygen atoms in total. The minimum atomic E-state index is -1.40. The van der Waals surface area contributed by atoms with Crippen molar-refractivity contribution in [2.24, 2.45) is 11.8 Å². The number of aliphatic hydroxyl groups excluding tert-OH is 2. The second-order valence-electron chi connectivity index (χ2n) is 15.0. The smallest absolute Gasteiger partial charge is 0.410 e. The number of aliphatic hydroxyl groups is 4. The Morgan fingerprint density at radius 1 is 1.23 bits per heavy atom. The van der Waals surface area contributed by atoms with Crippen molar-refractivity contribution >= 4 is 12.1 Å². The van der Waals surface area contributed by atoms with Gasteiger partial charge in [-0.05, 0) is 97.3 Å². The molecule has 0 radical (unpaired) electrons. The molecule has 0 aliphatic carbocycles. The van der Waals surface area contributed by atoms with Gasteiger partial charge in [-0.2, -0.15) is 0 Å². The number of allylic oxidation sites excluding steroid dienone is 2. The van der Waals surface area contributed by atoms with Crippen LogP contribution in [0.15, 0.2) is 23.8 Å². The molecule has 0 aromatic carbocycles. The van der Waals surface area contributed by atoms with Crippen LogP contribution in [-0.2, 0) is 19.0 Å². The van der Waals surface area contributed by atoms with Gasteiger partial charge in [-0.3, -0.25) is 4.79 Å². The van der Waals surface area contributed by atoms with Gasteiger partial charge in [0.05, 0.1) is 42.0 Å². The van der Waals surface area contributed by atoms with Gasteiger partial charge in [0.2, 0.25) is 0 Å². The fourth-order valence-electron chi connectivity index (χ4n) is 6.91. The molecule has 0 aromatic rings. The first-order chi connectivity index (χ1) is 21.9. The van der Waals surface area contributed by atoms with Crippen molar-refractivity contribution in [3.63, 3.8) is 0 Å². The summed E-state index contributed by atoms with van der Waals surface area (Å²) in [5.74, 6) is -0.729. The lowest BCUT2D eigenvalue weighted by molar-refractivity contribution is -0.153. The maximum atomic E-state index is 13.3. The van der Waals surface area contributed by atoms with Gasteiger partial charge in [-0.1, -0.05) is 39.0 Å². The minimum absolute atomic E-state index is 0.00499. The molecule has 270 valence electrons. The average Bonchev–Trinajstić information content (AvgIpc) is 3.77. The summed E-state index contributed by atoms with van der Waals surface area (Å²) in [5.41, 5.74) is -1.79. The van der Waals surface area contributed by atoms with E-state index < -0.39 is 47.7 Å². The molecule has 3 aliphatic rings. The van der Waals surface area contributed by atoms with E-state index in [-0.39, 0.29) is 49.3 Å². The van der Waals surface area contributed by atoms with E-state index >= 15 is 0 Å². The van der Waals surface area contributed by atoms with Gasteiger partial charge in [-0.15, -0.1) is 0 Å². The number of hydrogen-bond acceptors (Lipinski definition) is 10. The molecule has 1 amide bonds. The topological polar surface area (TPSA) is 153 Å². The predicted octanol–water partition coefficient (Wildman–Crippen LogP) is 3.96. The number of cyclic esters (lactones) is 1. The van der Waals surface area contributed by atoms with Crippen LogP contribution in [0, 0.1) is 11.8 Å². The summed E-state index contributed by atoms with van der Waals surface area (Å²) >= 11 is 0. The van der Waals surface area contributed by atoms with E-state index in [1.165, 1.54) is 0 Å². The van der Waals surface area contributed by atoms with Crippen molar-refractivity contribution in [1.29, 1.82) is 0 Å². The summed E-state index contributed by atoms with van der Waals surface area (Å²) in [6, 6.07) is 0.0665. The standard InChI is InChI=1S/C36H62N2O9/c1-9-28(40)25(4)33-29(45-33)22-35(5,43)17-10-11-23(2)32-24(3)12-13-30(36(6,44)18-14-27(39)21-31(41)47-32)46-34(42)38(8)26-15-19-37(7)20-16-26/h10-11,17,24-30,32-33,39-40,43-44H,9,12-16,18-22H2,1-8H3/b17-10+,23-11+. The molecule has 47 heavy (non-hydrogen) atoms. The molecule has 3 heterocycles. The summed E-state index contributed by atoms with van der Waals surface area (Å²) in [4.78, 5) is 30.0. The van der Waals surface area contributed by atoms with E-state index in [9.17, 15) is 30.0 Å². The van der Waals surface area contributed by atoms with Gasteiger partial charge in [0.1, 0.15) is 12.2 Å². The predicted molar refractivity (Wildman–Crippen MR) is 180 cm³/mol. The number of hydrogen-bond donors (Lipinski definition) is 4. The van der Waals surface area contributed by atoms with Crippen LogP contribution in [0.25, 0.3) is 0 Å². The number of carbonyl (C=O) groups is 2. The SMILES string of the molecule is CCC(O)C(C)C1OC1CC(C)(O)/C=C/C=C(\C)C1OC(=O)CC(O)CCC(C)(O)C(OC(=O)N(C)C2CCN(C)CC2)CCC1C. The Morgan fingerprint density at radius 3 is 2.53 bits per heavy atom. The molecule has 10 unspecified atom stereocenters. The van der Waals surface area contributed by atoms with E-state index in [1.807, 2.05) is 33.8 Å². The highest BCUT2D eigenvalue weighted by Crippen LogP contribution is 2.38. The fraction of sp³-hybridized carbons (Fsp3) is 0.833. The quantitative estimate of drug-likeness (QED) is 0.153. The van der Waals surface area contributed by atoms with Gasteiger partial charge in [0, 0.05) is 25.4 Å². The van der Waals surface area contributed by atoms with Gasteiger partial charge in [-0.25, -0.2) is 4.79 Å². The lowest BCUT2D eigenvalue weighted by Gasteiger charge is -2.38. The largest absolute Gasteiger partial charge is 0.457 e. The molecule has 0 bridgehead atoms. The zero-order valence-corrected chi connectivity index (χ0v) is 29.9.